The van der Waals surface area contributed by atoms with E-state index in [0.29, 0.717) is 19.3 Å². The molecule has 6 heteroatoms. The number of pyridine rings is 1. The quantitative estimate of drug-likeness (QED) is 0.829. The fourth-order valence-electron chi connectivity index (χ4n) is 1.71. The van der Waals surface area contributed by atoms with Crippen LogP contribution < -0.4 is 5.56 Å². The minimum atomic E-state index is -4.52. The van der Waals surface area contributed by atoms with Crippen molar-refractivity contribution in [3.63, 3.8) is 0 Å². The SMILES string of the molecule is CC(O)CCCCn1c(C(F)(F)F)cccc1=O. The van der Waals surface area contributed by atoms with Crippen LogP contribution in [-0.2, 0) is 12.7 Å². The monoisotopic (exact) mass is 263 g/mol. The van der Waals surface area contributed by atoms with Crippen molar-refractivity contribution in [3.05, 3.63) is 34.2 Å². The van der Waals surface area contributed by atoms with E-state index in [0.717, 1.165) is 22.8 Å². The molecule has 1 aromatic rings. The Hall–Kier alpha value is -1.30. The molecule has 0 aliphatic rings. The summed E-state index contributed by atoms with van der Waals surface area (Å²) in [5.74, 6) is 0. The molecule has 1 unspecified atom stereocenters. The molecule has 0 aliphatic carbocycles. The molecular weight excluding hydrogens is 247 g/mol. The molecule has 0 saturated heterocycles. The molecule has 0 aliphatic heterocycles. The maximum Gasteiger partial charge on any atom is 0.431 e. The van der Waals surface area contributed by atoms with Crippen LogP contribution in [0.5, 0.6) is 0 Å². The van der Waals surface area contributed by atoms with Crippen LogP contribution in [0.3, 0.4) is 0 Å². The summed E-state index contributed by atoms with van der Waals surface area (Å²) in [7, 11) is 0. The maximum absolute atomic E-state index is 12.7. The Morgan fingerprint density at radius 2 is 2.00 bits per heavy atom. The Kier molecular flexibility index (Phi) is 4.95. The van der Waals surface area contributed by atoms with Crippen LogP contribution in [0.2, 0.25) is 0 Å². The Morgan fingerprint density at radius 1 is 1.33 bits per heavy atom. The van der Waals surface area contributed by atoms with Crippen molar-refractivity contribution in [2.24, 2.45) is 0 Å². The summed E-state index contributed by atoms with van der Waals surface area (Å²) in [6.07, 6.45) is -3.47. The second kappa shape index (κ2) is 6.04. The van der Waals surface area contributed by atoms with Crippen molar-refractivity contribution in [1.29, 1.82) is 0 Å². The number of hydrogen-bond donors (Lipinski definition) is 1. The summed E-state index contributed by atoms with van der Waals surface area (Å²) in [5, 5.41) is 9.04. The highest BCUT2D eigenvalue weighted by atomic mass is 19.4. The van der Waals surface area contributed by atoms with E-state index >= 15 is 0 Å². The van der Waals surface area contributed by atoms with Gasteiger partial charge in [-0.1, -0.05) is 6.07 Å². The first-order valence-electron chi connectivity index (χ1n) is 5.77. The van der Waals surface area contributed by atoms with Crippen molar-refractivity contribution in [2.75, 3.05) is 0 Å². The number of halogens is 3. The number of alkyl halides is 3. The van der Waals surface area contributed by atoms with Crippen LogP contribution in [0.15, 0.2) is 23.0 Å². The highest BCUT2D eigenvalue weighted by molar-refractivity contribution is 5.10. The van der Waals surface area contributed by atoms with Crippen molar-refractivity contribution in [2.45, 2.75) is 45.0 Å². The molecule has 1 N–H and O–H groups in total. The van der Waals surface area contributed by atoms with Crippen molar-refractivity contribution >= 4 is 0 Å². The van der Waals surface area contributed by atoms with E-state index in [1.54, 1.807) is 6.92 Å². The third kappa shape index (κ3) is 4.18. The lowest BCUT2D eigenvalue weighted by Gasteiger charge is -2.14. The molecule has 3 nitrogen and oxygen atoms in total. The van der Waals surface area contributed by atoms with Gasteiger partial charge in [-0.3, -0.25) is 4.79 Å². The van der Waals surface area contributed by atoms with Gasteiger partial charge in [-0.05, 0) is 32.3 Å². The lowest BCUT2D eigenvalue weighted by Crippen LogP contribution is -2.27. The van der Waals surface area contributed by atoms with Crippen molar-refractivity contribution in [3.8, 4) is 0 Å². The van der Waals surface area contributed by atoms with E-state index in [1.165, 1.54) is 0 Å². The number of unbranched alkanes of at least 4 members (excludes halogenated alkanes) is 1. The van der Waals surface area contributed by atoms with Gasteiger partial charge in [0, 0.05) is 12.6 Å². The van der Waals surface area contributed by atoms with Crippen molar-refractivity contribution < 1.29 is 18.3 Å². The molecule has 0 bridgehead atoms. The fourth-order valence-corrected chi connectivity index (χ4v) is 1.71. The molecule has 0 aromatic carbocycles. The Morgan fingerprint density at radius 3 is 2.56 bits per heavy atom. The van der Waals surface area contributed by atoms with Gasteiger partial charge in [-0.25, -0.2) is 0 Å². The third-order valence-corrected chi connectivity index (χ3v) is 2.59. The lowest BCUT2D eigenvalue weighted by molar-refractivity contribution is -0.144. The molecule has 102 valence electrons. The first-order valence-corrected chi connectivity index (χ1v) is 5.77. The van der Waals surface area contributed by atoms with Crippen LogP contribution in [0, 0.1) is 0 Å². The molecule has 0 radical (unpaired) electrons. The summed E-state index contributed by atoms with van der Waals surface area (Å²) in [4.78, 5) is 11.4. The first kappa shape index (κ1) is 14.8. The highest BCUT2D eigenvalue weighted by Crippen LogP contribution is 2.28. The van der Waals surface area contributed by atoms with E-state index in [-0.39, 0.29) is 6.54 Å². The first-order chi connectivity index (χ1) is 8.32. The second-order valence-corrected chi connectivity index (χ2v) is 4.24. The molecule has 1 rings (SSSR count). The number of hydrogen-bond acceptors (Lipinski definition) is 2. The number of aliphatic hydroxyl groups is 1. The predicted molar refractivity (Wildman–Crippen MR) is 61.2 cm³/mol. The van der Waals surface area contributed by atoms with Gasteiger partial charge in [-0.2, -0.15) is 13.2 Å². The molecule has 0 saturated carbocycles. The molecule has 0 amide bonds. The van der Waals surface area contributed by atoms with Gasteiger partial charge in [0.2, 0.25) is 0 Å². The maximum atomic E-state index is 12.7. The predicted octanol–water partition coefficient (Wildman–Crippen LogP) is 2.42. The Bertz CT molecular complexity index is 438. The molecule has 1 heterocycles. The number of aromatic nitrogens is 1. The number of nitrogens with zero attached hydrogens (tertiary/aromatic N) is 1. The van der Waals surface area contributed by atoms with Gasteiger partial charge in [-0.15, -0.1) is 0 Å². The topological polar surface area (TPSA) is 42.2 Å². The van der Waals surface area contributed by atoms with Crippen LogP contribution >= 0.6 is 0 Å². The van der Waals surface area contributed by atoms with E-state index in [2.05, 4.69) is 0 Å². The normalized spacial score (nSPS) is 13.6. The van der Waals surface area contributed by atoms with Crippen LogP contribution in [0.25, 0.3) is 0 Å². The second-order valence-electron chi connectivity index (χ2n) is 4.24. The zero-order valence-electron chi connectivity index (χ0n) is 10.1. The summed E-state index contributed by atoms with van der Waals surface area (Å²) < 4.78 is 38.7. The molecule has 1 atom stereocenters. The van der Waals surface area contributed by atoms with Crippen LogP contribution in [0.1, 0.15) is 31.9 Å². The molecule has 0 spiro atoms. The van der Waals surface area contributed by atoms with Gasteiger partial charge in [0.1, 0.15) is 5.69 Å². The van der Waals surface area contributed by atoms with Gasteiger partial charge in [0.05, 0.1) is 6.10 Å². The third-order valence-electron chi connectivity index (χ3n) is 2.59. The van der Waals surface area contributed by atoms with Gasteiger partial charge < -0.3 is 9.67 Å². The minimum absolute atomic E-state index is 0.0151. The summed E-state index contributed by atoms with van der Waals surface area (Å²) >= 11 is 0. The fraction of sp³-hybridized carbons (Fsp3) is 0.583. The number of aliphatic hydroxyl groups excluding tert-OH is 1. The van der Waals surface area contributed by atoms with Gasteiger partial charge in [0.25, 0.3) is 5.56 Å². The summed E-state index contributed by atoms with van der Waals surface area (Å²) in [6, 6.07) is 3.12. The minimum Gasteiger partial charge on any atom is -0.393 e. The average Bonchev–Trinajstić information content (AvgIpc) is 2.24. The van der Waals surface area contributed by atoms with Gasteiger partial charge >= 0.3 is 6.18 Å². The van der Waals surface area contributed by atoms with Crippen LogP contribution in [-0.4, -0.2) is 15.8 Å². The molecule has 18 heavy (non-hydrogen) atoms. The Balaban J connectivity index is 2.78. The van der Waals surface area contributed by atoms with Crippen molar-refractivity contribution in [1.82, 2.24) is 4.57 Å². The van der Waals surface area contributed by atoms with E-state index in [1.807, 2.05) is 0 Å². The lowest BCUT2D eigenvalue weighted by atomic mass is 10.1. The smallest absolute Gasteiger partial charge is 0.393 e. The largest absolute Gasteiger partial charge is 0.431 e. The van der Waals surface area contributed by atoms with Crippen LogP contribution in [0.4, 0.5) is 13.2 Å². The molecule has 1 aromatic heterocycles. The van der Waals surface area contributed by atoms with Gasteiger partial charge in [0.15, 0.2) is 0 Å². The number of rotatable bonds is 5. The Labute approximate surface area is 103 Å². The van der Waals surface area contributed by atoms with E-state index < -0.39 is 23.5 Å². The summed E-state index contributed by atoms with van der Waals surface area (Å²) in [5.41, 5.74) is -1.58. The molecule has 0 fully saturated rings. The van der Waals surface area contributed by atoms with E-state index in [4.69, 9.17) is 5.11 Å². The highest BCUT2D eigenvalue weighted by Gasteiger charge is 2.33. The summed E-state index contributed by atoms with van der Waals surface area (Å²) in [6.45, 7) is 1.64. The average molecular weight is 263 g/mol. The zero-order chi connectivity index (χ0) is 13.8. The standard InChI is InChI=1S/C12H16F3NO2/c1-9(17)5-2-3-8-16-10(12(13,14)15)6-4-7-11(16)18/h4,6-7,9,17H,2-3,5,8H2,1H3. The zero-order valence-corrected chi connectivity index (χ0v) is 10.1. The molecular formula is C12H16F3NO2. The van der Waals surface area contributed by atoms with E-state index in [9.17, 15) is 18.0 Å².